The van der Waals surface area contributed by atoms with Crippen LogP contribution in [0.5, 0.6) is 5.75 Å². The molecule has 0 aliphatic rings. The molecule has 0 radical (unpaired) electrons. The first-order valence-electron chi connectivity index (χ1n) is 9.70. The lowest BCUT2D eigenvalue weighted by molar-refractivity contribution is -0.0663. The standard InChI is InChI=1S/C22H22ClFN2O6S/c1-22(2,29)19(27)12-32-20-16(13-4-7-15(8-5-13)33(3,30)31)11-25-26(21(20)28)14-6-9-18(24)17(23)10-14/h4-11,19,27,29H,12H2,1-3H3. The van der Waals surface area contributed by atoms with Crippen molar-refractivity contribution >= 4 is 21.4 Å². The monoisotopic (exact) mass is 496 g/mol. The van der Waals surface area contributed by atoms with Crippen LogP contribution in [0.2, 0.25) is 5.02 Å². The molecule has 1 aromatic heterocycles. The zero-order valence-electron chi connectivity index (χ0n) is 18.0. The first-order chi connectivity index (χ1) is 15.3. The number of aliphatic hydroxyl groups is 2. The minimum Gasteiger partial charge on any atom is -0.484 e. The minimum absolute atomic E-state index is 0.0911. The fourth-order valence-electron chi connectivity index (χ4n) is 2.83. The van der Waals surface area contributed by atoms with Crippen LogP contribution in [-0.4, -0.2) is 53.0 Å². The van der Waals surface area contributed by atoms with Crippen LogP contribution < -0.4 is 10.3 Å². The molecule has 0 spiro atoms. The lowest BCUT2D eigenvalue weighted by atomic mass is 10.0. The predicted molar refractivity (Wildman–Crippen MR) is 121 cm³/mol. The molecule has 11 heteroatoms. The van der Waals surface area contributed by atoms with Gasteiger partial charge in [0.25, 0.3) is 0 Å². The average Bonchev–Trinajstić information content (AvgIpc) is 2.73. The Hall–Kier alpha value is -2.79. The van der Waals surface area contributed by atoms with E-state index in [2.05, 4.69) is 5.10 Å². The number of hydrogen-bond acceptors (Lipinski definition) is 7. The van der Waals surface area contributed by atoms with Gasteiger partial charge in [0, 0.05) is 11.8 Å². The molecule has 1 atom stereocenters. The van der Waals surface area contributed by atoms with Crippen LogP contribution >= 0.6 is 11.6 Å². The third-order valence-electron chi connectivity index (χ3n) is 4.88. The van der Waals surface area contributed by atoms with Crippen LogP contribution in [0.4, 0.5) is 4.39 Å². The number of nitrogens with zero attached hydrogens (tertiary/aromatic N) is 2. The molecule has 0 fully saturated rings. The summed E-state index contributed by atoms with van der Waals surface area (Å²) in [6.07, 6.45) is 1.07. The van der Waals surface area contributed by atoms with Crippen molar-refractivity contribution in [3.8, 4) is 22.6 Å². The first kappa shape index (κ1) is 24.8. The number of rotatable bonds is 7. The van der Waals surface area contributed by atoms with Gasteiger partial charge in [-0.05, 0) is 49.7 Å². The van der Waals surface area contributed by atoms with Gasteiger partial charge in [0.15, 0.2) is 15.6 Å². The van der Waals surface area contributed by atoms with Crippen LogP contribution in [0.25, 0.3) is 16.8 Å². The summed E-state index contributed by atoms with van der Waals surface area (Å²) in [5, 5.41) is 24.0. The number of halogens is 2. The van der Waals surface area contributed by atoms with E-state index in [0.29, 0.717) is 5.56 Å². The largest absolute Gasteiger partial charge is 0.484 e. The van der Waals surface area contributed by atoms with Gasteiger partial charge in [-0.3, -0.25) is 4.79 Å². The zero-order valence-corrected chi connectivity index (χ0v) is 19.6. The molecule has 1 unspecified atom stereocenters. The van der Waals surface area contributed by atoms with Gasteiger partial charge in [0.2, 0.25) is 0 Å². The van der Waals surface area contributed by atoms with E-state index >= 15 is 0 Å². The summed E-state index contributed by atoms with van der Waals surface area (Å²) in [5.74, 6) is -0.873. The second-order valence-corrected chi connectivity index (χ2v) is 10.4. The molecule has 0 saturated heterocycles. The van der Waals surface area contributed by atoms with E-state index in [4.69, 9.17) is 16.3 Å². The van der Waals surface area contributed by atoms with Gasteiger partial charge in [-0.25, -0.2) is 12.8 Å². The first-order valence-corrected chi connectivity index (χ1v) is 12.0. The van der Waals surface area contributed by atoms with Gasteiger partial charge >= 0.3 is 5.56 Å². The third kappa shape index (κ3) is 5.59. The van der Waals surface area contributed by atoms with Crippen LogP contribution in [-0.2, 0) is 9.84 Å². The molecule has 33 heavy (non-hydrogen) atoms. The Labute approximate surface area is 194 Å². The number of benzene rings is 2. The average molecular weight is 497 g/mol. The molecule has 0 bridgehead atoms. The Balaban J connectivity index is 2.13. The number of hydrogen-bond donors (Lipinski definition) is 2. The Kier molecular flexibility index (Phi) is 6.94. The highest BCUT2D eigenvalue weighted by Gasteiger charge is 2.26. The number of aromatic nitrogens is 2. The van der Waals surface area contributed by atoms with Crippen molar-refractivity contribution in [1.29, 1.82) is 0 Å². The quantitative estimate of drug-likeness (QED) is 0.516. The highest BCUT2D eigenvalue weighted by atomic mass is 35.5. The summed E-state index contributed by atoms with van der Waals surface area (Å²) >= 11 is 5.83. The second-order valence-electron chi connectivity index (χ2n) is 7.98. The van der Waals surface area contributed by atoms with Crippen molar-refractivity contribution in [3.63, 3.8) is 0 Å². The van der Waals surface area contributed by atoms with Crippen molar-refractivity contribution in [2.24, 2.45) is 0 Å². The molecule has 2 aromatic carbocycles. The number of aliphatic hydroxyl groups excluding tert-OH is 1. The molecule has 0 aliphatic carbocycles. The second kappa shape index (κ2) is 9.22. The van der Waals surface area contributed by atoms with Crippen molar-refractivity contribution in [1.82, 2.24) is 9.78 Å². The van der Waals surface area contributed by atoms with Gasteiger partial charge in [-0.1, -0.05) is 23.7 Å². The maximum Gasteiger partial charge on any atom is 0.314 e. The highest BCUT2D eigenvalue weighted by molar-refractivity contribution is 7.90. The molecule has 8 nitrogen and oxygen atoms in total. The van der Waals surface area contributed by atoms with E-state index in [-0.39, 0.29) is 26.9 Å². The zero-order chi connectivity index (χ0) is 24.6. The molecule has 3 rings (SSSR count). The molecule has 0 amide bonds. The van der Waals surface area contributed by atoms with Gasteiger partial charge in [-0.2, -0.15) is 9.78 Å². The van der Waals surface area contributed by atoms with E-state index in [0.717, 1.165) is 17.0 Å². The molecule has 3 aromatic rings. The van der Waals surface area contributed by atoms with Gasteiger partial charge in [0.05, 0.1) is 27.4 Å². The molecule has 2 N–H and O–H groups in total. The molecule has 176 valence electrons. The molecule has 0 aliphatic heterocycles. The van der Waals surface area contributed by atoms with Crippen molar-refractivity contribution in [2.75, 3.05) is 12.9 Å². The van der Waals surface area contributed by atoms with E-state index < -0.39 is 39.5 Å². The van der Waals surface area contributed by atoms with E-state index in [9.17, 15) is 27.8 Å². The normalized spacial score (nSPS) is 13.1. The number of ether oxygens (including phenoxy) is 1. The smallest absolute Gasteiger partial charge is 0.314 e. The Morgan fingerprint density at radius 2 is 1.85 bits per heavy atom. The topological polar surface area (TPSA) is 119 Å². The van der Waals surface area contributed by atoms with Gasteiger partial charge in [0.1, 0.15) is 18.5 Å². The molecule has 1 heterocycles. The summed E-state index contributed by atoms with van der Waals surface area (Å²) in [6.45, 7) is 2.36. The van der Waals surface area contributed by atoms with Crippen LogP contribution in [0.15, 0.2) is 58.4 Å². The molecule has 0 saturated carbocycles. The molecular weight excluding hydrogens is 475 g/mol. The molecular formula is C22H22ClFN2O6S. The van der Waals surface area contributed by atoms with Crippen LogP contribution in [0.1, 0.15) is 13.8 Å². The summed E-state index contributed by atoms with van der Waals surface area (Å²) < 4.78 is 43.6. The summed E-state index contributed by atoms with van der Waals surface area (Å²) in [5.41, 5.74) is -1.38. The SMILES string of the molecule is CC(C)(O)C(O)COc1c(-c2ccc(S(C)(=O)=O)cc2)cnn(-c2ccc(F)c(Cl)c2)c1=O. The summed E-state index contributed by atoms with van der Waals surface area (Å²) in [7, 11) is -3.42. The van der Waals surface area contributed by atoms with E-state index in [1.807, 2.05) is 0 Å². The van der Waals surface area contributed by atoms with Crippen molar-refractivity contribution in [3.05, 3.63) is 69.9 Å². The van der Waals surface area contributed by atoms with Crippen molar-refractivity contribution < 1.29 is 27.8 Å². The maximum atomic E-state index is 13.6. The van der Waals surface area contributed by atoms with Crippen molar-refractivity contribution in [2.45, 2.75) is 30.4 Å². The Bertz CT molecular complexity index is 1330. The predicted octanol–water partition coefficient (Wildman–Crippen LogP) is 2.61. The Morgan fingerprint density at radius 1 is 1.21 bits per heavy atom. The lowest BCUT2D eigenvalue weighted by Crippen LogP contribution is -2.40. The summed E-state index contributed by atoms with van der Waals surface area (Å²) in [6, 6.07) is 9.36. The van der Waals surface area contributed by atoms with E-state index in [1.54, 1.807) is 0 Å². The third-order valence-corrected chi connectivity index (χ3v) is 6.29. The Morgan fingerprint density at radius 3 is 2.39 bits per heavy atom. The van der Waals surface area contributed by atoms with Crippen LogP contribution in [0, 0.1) is 5.82 Å². The number of sulfone groups is 1. The summed E-state index contributed by atoms with van der Waals surface area (Å²) in [4.78, 5) is 13.3. The fourth-order valence-corrected chi connectivity index (χ4v) is 3.64. The fraction of sp³-hybridized carbons (Fsp3) is 0.273. The highest BCUT2D eigenvalue weighted by Crippen LogP contribution is 2.29. The minimum atomic E-state index is -3.42. The lowest BCUT2D eigenvalue weighted by Gasteiger charge is -2.24. The van der Waals surface area contributed by atoms with E-state index in [1.165, 1.54) is 56.4 Å². The van der Waals surface area contributed by atoms with Gasteiger partial charge in [-0.15, -0.1) is 0 Å². The maximum absolute atomic E-state index is 13.6. The van der Waals surface area contributed by atoms with Crippen LogP contribution in [0.3, 0.4) is 0 Å². The van der Waals surface area contributed by atoms with Gasteiger partial charge < -0.3 is 14.9 Å².